The molecule has 4 heteroatoms. The third-order valence-electron chi connectivity index (χ3n) is 2.00. The van der Waals surface area contributed by atoms with E-state index >= 15 is 0 Å². The predicted octanol–water partition coefficient (Wildman–Crippen LogP) is 3.05. The lowest BCUT2D eigenvalue weighted by Crippen LogP contribution is -2.04. The van der Waals surface area contributed by atoms with Crippen molar-refractivity contribution < 1.29 is 4.79 Å². The number of thiazole rings is 1. The highest BCUT2D eigenvalue weighted by molar-refractivity contribution is 8.00. The minimum atomic E-state index is 0.248. The summed E-state index contributed by atoms with van der Waals surface area (Å²) in [6.45, 7) is 0. The van der Waals surface area contributed by atoms with Gasteiger partial charge in [-0.15, -0.1) is 23.1 Å². The van der Waals surface area contributed by atoms with E-state index in [1.54, 1.807) is 23.5 Å². The van der Waals surface area contributed by atoms with Crippen LogP contribution in [0.1, 0.15) is 4.88 Å². The van der Waals surface area contributed by atoms with Crippen LogP contribution in [-0.4, -0.2) is 16.5 Å². The van der Waals surface area contributed by atoms with Gasteiger partial charge in [-0.1, -0.05) is 18.2 Å². The number of hydrogen-bond acceptors (Lipinski definition) is 4. The molecule has 1 aromatic carbocycles. The normalized spacial score (nSPS) is 10.2. The van der Waals surface area contributed by atoms with E-state index < -0.39 is 0 Å². The lowest BCUT2D eigenvalue weighted by Gasteiger charge is -1.99. The number of benzene rings is 1. The summed E-state index contributed by atoms with van der Waals surface area (Å²) in [7, 11) is 0. The van der Waals surface area contributed by atoms with Crippen LogP contribution in [0.25, 0.3) is 0 Å². The van der Waals surface area contributed by atoms with Crippen LogP contribution in [0, 0.1) is 0 Å². The first-order valence-corrected chi connectivity index (χ1v) is 6.78. The Labute approximate surface area is 103 Å². The average Bonchev–Trinajstić information content (AvgIpc) is 2.81. The first kappa shape index (κ1) is 11.4. The van der Waals surface area contributed by atoms with Gasteiger partial charge in [-0.3, -0.25) is 9.78 Å². The van der Waals surface area contributed by atoms with E-state index in [0.717, 1.165) is 9.77 Å². The molecule has 2 nitrogen and oxygen atoms in total. The summed E-state index contributed by atoms with van der Waals surface area (Å²) in [5, 5.41) is 0. The van der Waals surface area contributed by atoms with Crippen molar-refractivity contribution in [1.82, 2.24) is 4.98 Å². The lowest BCUT2D eigenvalue weighted by molar-refractivity contribution is -0.115. The molecule has 2 aromatic rings. The van der Waals surface area contributed by atoms with Crippen molar-refractivity contribution in [2.75, 3.05) is 5.75 Å². The molecule has 1 heterocycles. The summed E-state index contributed by atoms with van der Waals surface area (Å²) in [6, 6.07) is 9.98. The highest BCUT2D eigenvalue weighted by atomic mass is 32.2. The van der Waals surface area contributed by atoms with Gasteiger partial charge in [-0.2, -0.15) is 0 Å². The van der Waals surface area contributed by atoms with Gasteiger partial charge in [0.1, 0.15) is 5.78 Å². The Hall–Kier alpha value is -1.13. The zero-order valence-electron chi connectivity index (χ0n) is 8.63. The van der Waals surface area contributed by atoms with Crippen molar-refractivity contribution in [2.24, 2.45) is 0 Å². The van der Waals surface area contributed by atoms with Gasteiger partial charge in [-0.05, 0) is 12.1 Å². The molecule has 0 saturated heterocycles. The SMILES string of the molecule is O=C(CSc1ccccc1)Cc1cncs1. The lowest BCUT2D eigenvalue weighted by atomic mass is 10.3. The van der Waals surface area contributed by atoms with Crippen LogP contribution < -0.4 is 0 Å². The van der Waals surface area contributed by atoms with Gasteiger partial charge in [-0.25, -0.2) is 0 Å². The predicted molar refractivity (Wildman–Crippen MR) is 68.0 cm³/mol. The molecule has 0 amide bonds. The number of rotatable bonds is 5. The number of hydrogen-bond donors (Lipinski definition) is 0. The molecule has 0 N–H and O–H groups in total. The van der Waals surface area contributed by atoms with E-state index in [2.05, 4.69) is 4.98 Å². The molecule has 82 valence electrons. The van der Waals surface area contributed by atoms with Crippen molar-refractivity contribution in [3.63, 3.8) is 0 Å². The number of Topliss-reactive ketones (excluding diaryl/α,β-unsaturated/α-hetero) is 1. The minimum absolute atomic E-state index is 0.248. The van der Waals surface area contributed by atoms with Crippen molar-refractivity contribution in [3.05, 3.63) is 46.9 Å². The first-order valence-electron chi connectivity index (χ1n) is 4.91. The van der Waals surface area contributed by atoms with Crippen LogP contribution in [0.15, 0.2) is 46.9 Å². The van der Waals surface area contributed by atoms with Crippen LogP contribution in [0.4, 0.5) is 0 Å². The Kier molecular flexibility index (Phi) is 4.13. The molecular weight excluding hydrogens is 238 g/mol. The molecule has 2 rings (SSSR count). The maximum Gasteiger partial charge on any atom is 0.148 e. The van der Waals surface area contributed by atoms with Crippen LogP contribution >= 0.6 is 23.1 Å². The highest BCUT2D eigenvalue weighted by Crippen LogP contribution is 2.18. The van der Waals surface area contributed by atoms with Gasteiger partial charge in [0.05, 0.1) is 11.3 Å². The number of carbonyl (C=O) groups excluding carboxylic acids is 1. The summed E-state index contributed by atoms with van der Waals surface area (Å²) >= 11 is 3.12. The number of carbonyl (C=O) groups is 1. The van der Waals surface area contributed by atoms with Crippen LogP contribution in [0.2, 0.25) is 0 Å². The third-order valence-corrected chi connectivity index (χ3v) is 3.85. The number of thioether (sulfide) groups is 1. The van der Waals surface area contributed by atoms with Gasteiger partial charge >= 0.3 is 0 Å². The molecule has 0 aliphatic carbocycles. The molecule has 0 saturated carbocycles. The molecule has 0 atom stereocenters. The molecule has 0 aliphatic heterocycles. The summed E-state index contributed by atoms with van der Waals surface area (Å²) in [5.74, 6) is 0.778. The Morgan fingerprint density at radius 3 is 2.81 bits per heavy atom. The van der Waals surface area contributed by atoms with E-state index in [1.807, 2.05) is 30.3 Å². The fourth-order valence-electron chi connectivity index (χ4n) is 1.26. The zero-order valence-corrected chi connectivity index (χ0v) is 10.3. The van der Waals surface area contributed by atoms with Crippen molar-refractivity contribution >= 4 is 28.9 Å². The van der Waals surface area contributed by atoms with Gasteiger partial charge in [0, 0.05) is 22.4 Å². The number of ketones is 1. The second-order valence-corrected chi connectivity index (χ2v) is 5.30. The molecular formula is C12H11NOS2. The molecule has 0 unspecified atom stereocenters. The number of nitrogens with zero attached hydrogens (tertiary/aromatic N) is 1. The summed E-state index contributed by atoms with van der Waals surface area (Å²) in [5.41, 5.74) is 1.76. The van der Waals surface area contributed by atoms with E-state index in [4.69, 9.17) is 0 Å². The van der Waals surface area contributed by atoms with E-state index in [0.29, 0.717) is 12.2 Å². The Balaban J connectivity index is 1.80. The van der Waals surface area contributed by atoms with E-state index in [1.165, 1.54) is 11.3 Å². The van der Waals surface area contributed by atoms with E-state index in [9.17, 15) is 4.79 Å². The number of aromatic nitrogens is 1. The Bertz CT molecular complexity index is 439. The molecule has 0 fully saturated rings. The summed E-state index contributed by atoms with van der Waals surface area (Å²) < 4.78 is 0. The first-order chi connectivity index (χ1) is 7.84. The Morgan fingerprint density at radius 2 is 2.12 bits per heavy atom. The molecule has 0 bridgehead atoms. The van der Waals surface area contributed by atoms with Gasteiger partial charge in [0.25, 0.3) is 0 Å². The fraction of sp³-hybridized carbons (Fsp3) is 0.167. The van der Waals surface area contributed by atoms with Crippen molar-refractivity contribution in [1.29, 1.82) is 0 Å². The molecule has 1 aromatic heterocycles. The smallest absolute Gasteiger partial charge is 0.148 e. The largest absolute Gasteiger partial charge is 0.298 e. The maximum atomic E-state index is 11.6. The van der Waals surface area contributed by atoms with Gasteiger partial charge < -0.3 is 0 Å². The monoisotopic (exact) mass is 249 g/mol. The molecule has 0 aliphatic rings. The zero-order chi connectivity index (χ0) is 11.2. The summed E-state index contributed by atoms with van der Waals surface area (Å²) in [4.78, 5) is 17.8. The standard InChI is InChI=1S/C12H11NOS2/c14-10(6-12-7-13-9-16-12)8-15-11-4-2-1-3-5-11/h1-5,7,9H,6,8H2. The van der Waals surface area contributed by atoms with Crippen molar-refractivity contribution in [3.8, 4) is 0 Å². The Morgan fingerprint density at radius 1 is 1.31 bits per heavy atom. The topological polar surface area (TPSA) is 30.0 Å². The quantitative estimate of drug-likeness (QED) is 0.763. The van der Waals surface area contributed by atoms with Crippen LogP contribution in [0.5, 0.6) is 0 Å². The second kappa shape index (κ2) is 5.82. The molecule has 16 heavy (non-hydrogen) atoms. The highest BCUT2D eigenvalue weighted by Gasteiger charge is 2.05. The van der Waals surface area contributed by atoms with Gasteiger partial charge in [0.2, 0.25) is 0 Å². The average molecular weight is 249 g/mol. The maximum absolute atomic E-state index is 11.6. The molecule has 0 radical (unpaired) electrons. The van der Waals surface area contributed by atoms with Crippen molar-refractivity contribution in [2.45, 2.75) is 11.3 Å². The van der Waals surface area contributed by atoms with Gasteiger partial charge in [0.15, 0.2) is 0 Å². The fourth-order valence-corrected chi connectivity index (χ4v) is 2.66. The second-order valence-electron chi connectivity index (χ2n) is 3.28. The summed E-state index contributed by atoms with van der Waals surface area (Å²) in [6.07, 6.45) is 2.26. The van der Waals surface area contributed by atoms with E-state index in [-0.39, 0.29) is 5.78 Å². The van der Waals surface area contributed by atoms with Crippen LogP contribution in [0.3, 0.4) is 0 Å². The minimum Gasteiger partial charge on any atom is -0.298 e. The third kappa shape index (κ3) is 3.47. The molecule has 0 spiro atoms. The van der Waals surface area contributed by atoms with Crippen LogP contribution in [-0.2, 0) is 11.2 Å².